The number of anilines is 1. The first-order chi connectivity index (χ1) is 14.4. The number of nitro groups is 1. The summed E-state index contributed by atoms with van der Waals surface area (Å²) in [7, 11) is 0. The van der Waals surface area contributed by atoms with Crippen LogP contribution in [-0.2, 0) is 11.2 Å². The van der Waals surface area contributed by atoms with E-state index in [9.17, 15) is 14.9 Å². The Morgan fingerprint density at radius 3 is 2.42 bits per heavy atom. The molecule has 1 aromatic heterocycles. The van der Waals surface area contributed by atoms with Crippen LogP contribution in [0.4, 0.5) is 10.8 Å². The van der Waals surface area contributed by atoms with Gasteiger partial charge >= 0.3 is 0 Å². The molecule has 0 N–H and O–H groups in total. The third kappa shape index (κ3) is 6.46. The van der Waals surface area contributed by atoms with Crippen molar-refractivity contribution < 1.29 is 9.72 Å². The van der Waals surface area contributed by atoms with E-state index in [1.165, 1.54) is 23.5 Å². The minimum absolute atomic E-state index is 0. The van der Waals surface area contributed by atoms with Gasteiger partial charge in [0.15, 0.2) is 5.13 Å². The number of non-ortho nitro benzene ring substituents is 1. The van der Waals surface area contributed by atoms with Gasteiger partial charge in [0.05, 0.1) is 21.6 Å². The van der Waals surface area contributed by atoms with Gasteiger partial charge in [-0.1, -0.05) is 53.2 Å². The van der Waals surface area contributed by atoms with Gasteiger partial charge in [-0.05, 0) is 36.9 Å². The van der Waals surface area contributed by atoms with Gasteiger partial charge in [0.25, 0.3) is 5.69 Å². The van der Waals surface area contributed by atoms with E-state index in [0.717, 1.165) is 39.9 Å². The van der Waals surface area contributed by atoms with Crippen molar-refractivity contribution in [3.8, 4) is 0 Å². The standard InChI is InChI=1S/C21H23BrN4O3S.ClH/c1-3-24(4-2)11-12-25(21-23-18-10-7-16(22)14-19(18)30-21)20(27)13-15-5-8-17(9-6-15)26(28)29;/h5-10,14H,3-4,11-13H2,1-2H3;1H. The molecule has 0 saturated heterocycles. The molecule has 166 valence electrons. The summed E-state index contributed by atoms with van der Waals surface area (Å²) in [6, 6.07) is 12.0. The first kappa shape index (κ1) is 25.2. The number of nitrogens with zero attached hydrogens (tertiary/aromatic N) is 4. The molecular weight excluding hydrogens is 504 g/mol. The maximum Gasteiger partial charge on any atom is 0.269 e. The predicted octanol–water partition coefficient (Wildman–Crippen LogP) is 5.31. The summed E-state index contributed by atoms with van der Waals surface area (Å²) in [5.41, 5.74) is 1.61. The molecule has 0 atom stereocenters. The van der Waals surface area contributed by atoms with Crippen molar-refractivity contribution in [2.24, 2.45) is 0 Å². The van der Waals surface area contributed by atoms with Crippen LogP contribution in [0.15, 0.2) is 46.9 Å². The summed E-state index contributed by atoms with van der Waals surface area (Å²) in [5.74, 6) is -0.0749. The van der Waals surface area contributed by atoms with E-state index in [4.69, 9.17) is 0 Å². The van der Waals surface area contributed by atoms with Crippen LogP contribution in [-0.4, -0.2) is 46.9 Å². The largest absolute Gasteiger partial charge is 0.302 e. The van der Waals surface area contributed by atoms with Gasteiger partial charge in [-0.3, -0.25) is 19.8 Å². The lowest BCUT2D eigenvalue weighted by Crippen LogP contribution is -2.39. The average Bonchev–Trinajstić information content (AvgIpc) is 3.14. The number of aromatic nitrogens is 1. The first-order valence-corrected chi connectivity index (χ1v) is 11.3. The number of nitro benzene ring substituents is 1. The third-order valence-corrected chi connectivity index (χ3v) is 6.44. The molecule has 7 nitrogen and oxygen atoms in total. The Labute approximate surface area is 199 Å². The van der Waals surface area contributed by atoms with Crippen molar-refractivity contribution in [2.75, 3.05) is 31.1 Å². The fraction of sp³-hybridized carbons (Fsp3) is 0.333. The van der Waals surface area contributed by atoms with E-state index < -0.39 is 4.92 Å². The molecule has 0 radical (unpaired) electrons. The highest BCUT2D eigenvalue weighted by molar-refractivity contribution is 9.10. The fourth-order valence-electron chi connectivity index (χ4n) is 3.12. The molecule has 0 saturated carbocycles. The number of carbonyl (C=O) groups is 1. The molecule has 0 spiro atoms. The van der Waals surface area contributed by atoms with Crippen LogP contribution in [0, 0.1) is 10.1 Å². The predicted molar refractivity (Wildman–Crippen MR) is 132 cm³/mol. The number of halogens is 2. The monoisotopic (exact) mass is 526 g/mol. The number of rotatable bonds is 9. The molecule has 1 amide bonds. The Morgan fingerprint density at radius 1 is 1.13 bits per heavy atom. The quantitative estimate of drug-likeness (QED) is 0.278. The number of thiazole rings is 1. The van der Waals surface area contributed by atoms with Crippen LogP contribution >= 0.6 is 39.7 Å². The van der Waals surface area contributed by atoms with Gasteiger partial charge in [-0.25, -0.2) is 4.98 Å². The zero-order valence-electron chi connectivity index (χ0n) is 17.3. The van der Waals surface area contributed by atoms with Crippen molar-refractivity contribution in [2.45, 2.75) is 20.3 Å². The zero-order valence-corrected chi connectivity index (χ0v) is 20.5. The van der Waals surface area contributed by atoms with Crippen LogP contribution in [0.5, 0.6) is 0 Å². The van der Waals surface area contributed by atoms with Crippen LogP contribution in [0.25, 0.3) is 10.2 Å². The Kier molecular flexibility index (Phi) is 9.36. The number of carbonyl (C=O) groups excluding carboxylic acids is 1. The Morgan fingerprint density at radius 2 is 1.81 bits per heavy atom. The van der Waals surface area contributed by atoms with Crippen LogP contribution in [0.2, 0.25) is 0 Å². The molecule has 0 bridgehead atoms. The second-order valence-electron chi connectivity index (χ2n) is 6.78. The molecule has 10 heteroatoms. The zero-order chi connectivity index (χ0) is 21.7. The molecule has 1 heterocycles. The van der Waals surface area contributed by atoms with E-state index >= 15 is 0 Å². The second-order valence-corrected chi connectivity index (χ2v) is 8.71. The second kappa shape index (κ2) is 11.5. The van der Waals surface area contributed by atoms with E-state index in [2.05, 4.69) is 39.7 Å². The molecule has 0 fully saturated rings. The minimum atomic E-state index is -0.443. The summed E-state index contributed by atoms with van der Waals surface area (Å²) >= 11 is 4.97. The summed E-state index contributed by atoms with van der Waals surface area (Å²) in [5, 5.41) is 11.5. The van der Waals surface area contributed by atoms with Crippen LogP contribution < -0.4 is 4.90 Å². The van der Waals surface area contributed by atoms with Crippen molar-refractivity contribution in [3.05, 3.63) is 62.6 Å². The fourth-order valence-corrected chi connectivity index (χ4v) is 4.68. The highest BCUT2D eigenvalue weighted by atomic mass is 79.9. The lowest BCUT2D eigenvalue weighted by atomic mass is 10.1. The number of hydrogen-bond donors (Lipinski definition) is 0. The van der Waals surface area contributed by atoms with Gasteiger partial charge in [-0.15, -0.1) is 12.4 Å². The van der Waals surface area contributed by atoms with E-state index in [0.29, 0.717) is 11.7 Å². The van der Waals surface area contributed by atoms with Gasteiger partial charge < -0.3 is 4.90 Å². The molecule has 0 unspecified atom stereocenters. The number of benzene rings is 2. The summed E-state index contributed by atoms with van der Waals surface area (Å²) in [6.07, 6.45) is 0.163. The van der Waals surface area contributed by atoms with Crippen LogP contribution in [0.1, 0.15) is 19.4 Å². The molecule has 3 aromatic rings. The SMILES string of the molecule is CCN(CC)CCN(C(=O)Cc1ccc([N+](=O)[O-])cc1)c1nc2ccc(Br)cc2s1.Cl. The molecule has 0 aliphatic carbocycles. The maximum absolute atomic E-state index is 13.2. The van der Waals surface area contributed by atoms with Crippen molar-refractivity contribution in [1.29, 1.82) is 0 Å². The lowest BCUT2D eigenvalue weighted by molar-refractivity contribution is -0.384. The van der Waals surface area contributed by atoms with Gasteiger partial charge in [0, 0.05) is 29.7 Å². The maximum atomic E-state index is 13.2. The summed E-state index contributed by atoms with van der Waals surface area (Å²) in [4.78, 5) is 32.3. The third-order valence-electron chi connectivity index (χ3n) is 4.91. The van der Waals surface area contributed by atoms with E-state index in [1.807, 2.05) is 18.2 Å². The molecule has 0 aliphatic heterocycles. The highest BCUT2D eigenvalue weighted by Crippen LogP contribution is 2.31. The number of likely N-dealkylation sites (N-methyl/N-ethyl adjacent to an activating group) is 1. The topological polar surface area (TPSA) is 79.6 Å². The van der Waals surface area contributed by atoms with Crippen molar-refractivity contribution in [3.63, 3.8) is 0 Å². The summed E-state index contributed by atoms with van der Waals surface area (Å²) in [6.45, 7) is 7.30. The number of fused-ring (bicyclic) bond motifs is 1. The first-order valence-electron chi connectivity index (χ1n) is 9.73. The van der Waals surface area contributed by atoms with Crippen molar-refractivity contribution in [1.82, 2.24) is 9.88 Å². The Bertz CT molecular complexity index is 1040. The molecule has 2 aromatic carbocycles. The smallest absolute Gasteiger partial charge is 0.269 e. The highest BCUT2D eigenvalue weighted by Gasteiger charge is 2.21. The van der Waals surface area contributed by atoms with Gasteiger partial charge in [0.1, 0.15) is 0 Å². The Hall–Kier alpha value is -2.07. The average molecular weight is 528 g/mol. The molecule has 3 rings (SSSR count). The normalized spacial score (nSPS) is 10.8. The summed E-state index contributed by atoms with van der Waals surface area (Å²) < 4.78 is 1.98. The van der Waals surface area contributed by atoms with Gasteiger partial charge in [-0.2, -0.15) is 0 Å². The molecule has 0 aliphatic rings. The Balaban J connectivity index is 0.00000341. The lowest BCUT2D eigenvalue weighted by Gasteiger charge is -2.24. The minimum Gasteiger partial charge on any atom is -0.302 e. The van der Waals surface area contributed by atoms with E-state index in [1.54, 1.807) is 17.0 Å². The van der Waals surface area contributed by atoms with Crippen LogP contribution in [0.3, 0.4) is 0 Å². The molecule has 31 heavy (non-hydrogen) atoms. The van der Waals surface area contributed by atoms with E-state index in [-0.39, 0.29) is 30.4 Å². The molecular formula is C21H24BrClN4O3S. The number of amides is 1. The van der Waals surface area contributed by atoms with Gasteiger partial charge in [0.2, 0.25) is 5.91 Å². The van der Waals surface area contributed by atoms with Crippen molar-refractivity contribution >= 4 is 66.6 Å². The number of hydrogen-bond acceptors (Lipinski definition) is 6.